The first-order valence-electron chi connectivity index (χ1n) is 10.5. The largest absolute Gasteiger partial charge is 0.497 e. The minimum atomic E-state index is -0.113. The summed E-state index contributed by atoms with van der Waals surface area (Å²) in [5.41, 5.74) is 1.24. The highest BCUT2D eigenvalue weighted by Crippen LogP contribution is 2.18. The van der Waals surface area contributed by atoms with Gasteiger partial charge in [-0.25, -0.2) is 0 Å². The number of hydrogen-bond donors (Lipinski definition) is 1. The van der Waals surface area contributed by atoms with Gasteiger partial charge in [-0.15, -0.1) is 24.0 Å². The van der Waals surface area contributed by atoms with E-state index < -0.39 is 0 Å². The Morgan fingerprint density at radius 2 is 1.90 bits per heavy atom. The van der Waals surface area contributed by atoms with Crippen molar-refractivity contribution in [1.82, 2.24) is 10.2 Å². The topological polar surface area (TPSA) is 76.3 Å². The molecule has 0 spiro atoms. The quantitative estimate of drug-likeness (QED) is 0.239. The Hall–Kier alpha value is -2.23. The lowest BCUT2D eigenvalue weighted by Gasteiger charge is -2.33. The predicted octanol–water partition coefficient (Wildman–Crippen LogP) is 3.52. The average Bonchev–Trinajstić information content (AvgIpc) is 3.31. The third-order valence-corrected chi connectivity index (χ3v) is 5.38. The fraction of sp³-hybridized carbons (Fsp3) is 0.478. The van der Waals surface area contributed by atoms with Gasteiger partial charge in [0, 0.05) is 32.6 Å². The average molecular weight is 541 g/mol. The fourth-order valence-corrected chi connectivity index (χ4v) is 3.60. The normalized spacial score (nSPS) is 14.6. The van der Waals surface area contributed by atoms with Crippen molar-refractivity contribution in [3.05, 3.63) is 54.0 Å². The molecule has 0 atom stereocenters. The van der Waals surface area contributed by atoms with E-state index in [1.807, 2.05) is 24.3 Å². The number of guanidine groups is 1. The molecule has 0 radical (unpaired) electrons. The molecular weight excluding hydrogens is 509 g/mol. The Balaban J connectivity index is 0.00000341. The number of carbonyl (C=O) groups is 1. The molecule has 31 heavy (non-hydrogen) atoms. The van der Waals surface area contributed by atoms with E-state index in [1.54, 1.807) is 13.4 Å². The van der Waals surface area contributed by atoms with Gasteiger partial charge in [-0.2, -0.15) is 0 Å². The number of benzene rings is 1. The van der Waals surface area contributed by atoms with Gasteiger partial charge >= 0.3 is 5.97 Å². The molecule has 1 aliphatic heterocycles. The first-order chi connectivity index (χ1) is 14.7. The van der Waals surface area contributed by atoms with Gasteiger partial charge in [-0.1, -0.05) is 12.1 Å². The molecule has 170 valence electrons. The van der Waals surface area contributed by atoms with Crippen LogP contribution in [0.25, 0.3) is 0 Å². The number of likely N-dealkylation sites (tertiary alicyclic amines) is 1. The molecular formula is C23H32IN3O4. The Kier molecular flexibility index (Phi) is 10.7. The van der Waals surface area contributed by atoms with E-state index >= 15 is 0 Å². The smallest absolute Gasteiger partial charge is 0.308 e. The van der Waals surface area contributed by atoms with E-state index in [-0.39, 0.29) is 35.9 Å². The zero-order valence-corrected chi connectivity index (χ0v) is 20.5. The zero-order valence-electron chi connectivity index (χ0n) is 18.2. The number of esters is 1. The number of carbonyl (C=O) groups excluding carboxylic acids is 1. The van der Waals surface area contributed by atoms with Crippen LogP contribution >= 0.6 is 24.0 Å². The molecule has 1 aromatic carbocycles. The monoisotopic (exact) mass is 541 g/mol. The van der Waals surface area contributed by atoms with Crippen molar-refractivity contribution in [3.63, 3.8) is 0 Å². The summed E-state index contributed by atoms with van der Waals surface area (Å²) in [5.74, 6) is 2.55. The number of piperidine rings is 1. The van der Waals surface area contributed by atoms with Crippen LogP contribution in [0, 0.1) is 5.92 Å². The molecule has 0 saturated carbocycles. The third kappa shape index (κ3) is 7.75. The molecule has 2 heterocycles. The highest BCUT2D eigenvalue weighted by molar-refractivity contribution is 14.0. The second kappa shape index (κ2) is 13.2. The summed E-state index contributed by atoms with van der Waals surface area (Å²) in [6, 6.07) is 12.0. The van der Waals surface area contributed by atoms with Crippen LogP contribution < -0.4 is 10.1 Å². The van der Waals surface area contributed by atoms with Gasteiger partial charge in [0.15, 0.2) is 5.96 Å². The van der Waals surface area contributed by atoms with Gasteiger partial charge in [0.25, 0.3) is 0 Å². The molecule has 1 N–H and O–H groups in total. The number of hydrogen-bond acceptors (Lipinski definition) is 5. The van der Waals surface area contributed by atoms with Gasteiger partial charge in [0.2, 0.25) is 0 Å². The maximum Gasteiger partial charge on any atom is 0.308 e. The summed E-state index contributed by atoms with van der Waals surface area (Å²) >= 11 is 0. The fourth-order valence-electron chi connectivity index (χ4n) is 3.60. The number of nitrogens with one attached hydrogen (secondary N) is 1. The van der Waals surface area contributed by atoms with Crippen LogP contribution in [0.5, 0.6) is 5.75 Å². The minimum Gasteiger partial charge on any atom is -0.497 e. The molecule has 0 amide bonds. The van der Waals surface area contributed by atoms with Crippen molar-refractivity contribution in [2.75, 3.05) is 40.4 Å². The Bertz CT molecular complexity index is 801. The highest BCUT2D eigenvalue weighted by atomic mass is 127. The van der Waals surface area contributed by atoms with Gasteiger partial charge in [-0.05, 0) is 49.1 Å². The van der Waals surface area contributed by atoms with Crippen molar-refractivity contribution in [1.29, 1.82) is 0 Å². The lowest BCUT2D eigenvalue weighted by Crippen LogP contribution is -2.47. The Morgan fingerprint density at radius 1 is 1.16 bits per heavy atom. The predicted molar refractivity (Wildman–Crippen MR) is 131 cm³/mol. The van der Waals surface area contributed by atoms with Crippen LogP contribution in [-0.2, 0) is 22.4 Å². The number of ether oxygens (including phenoxy) is 2. The summed E-state index contributed by atoms with van der Waals surface area (Å²) in [4.78, 5) is 18.9. The van der Waals surface area contributed by atoms with E-state index in [0.29, 0.717) is 6.54 Å². The lowest BCUT2D eigenvalue weighted by molar-refractivity contribution is -0.146. The third-order valence-electron chi connectivity index (χ3n) is 5.38. The zero-order chi connectivity index (χ0) is 21.2. The highest BCUT2D eigenvalue weighted by Gasteiger charge is 2.27. The number of aliphatic imine (C=N–C) groups is 1. The summed E-state index contributed by atoms with van der Waals surface area (Å²) in [7, 11) is 3.13. The molecule has 7 nitrogen and oxygen atoms in total. The maximum absolute atomic E-state index is 11.8. The van der Waals surface area contributed by atoms with Gasteiger partial charge in [-0.3, -0.25) is 9.79 Å². The van der Waals surface area contributed by atoms with E-state index in [9.17, 15) is 4.79 Å². The van der Waals surface area contributed by atoms with Crippen molar-refractivity contribution in [2.24, 2.45) is 10.9 Å². The summed E-state index contributed by atoms with van der Waals surface area (Å²) in [6.07, 6.45) is 4.90. The van der Waals surface area contributed by atoms with Crippen LogP contribution in [0.2, 0.25) is 0 Å². The standard InChI is InChI=1S/C23H31N3O4.HI/c1-28-20-7-5-18(6-8-20)9-13-24-23(25-14-10-21-4-3-17-30-21)26-15-11-19(12-16-26)22(27)29-2;/h3-8,17,19H,9-16H2,1-2H3,(H,24,25);1H. The molecule has 2 aromatic rings. The molecule has 8 heteroatoms. The second-order valence-electron chi connectivity index (χ2n) is 7.34. The molecule has 0 bridgehead atoms. The van der Waals surface area contributed by atoms with Gasteiger partial charge in [0.05, 0.1) is 26.4 Å². The number of halogens is 1. The number of furan rings is 1. The number of methoxy groups -OCH3 is 2. The molecule has 1 aromatic heterocycles. The SMILES string of the molecule is COC(=O)C1CCN(C(=NCCc2ccco2)NCCc2ccc(OC)cc2)CC1.I. The molecule has 1 aliphatic rings. The van der Waals surface area contributed by atoms with Crippen LogP contribution in [0.15, 0.2) is 52.1 Å². The summed E-state index contributed by atoms with van der Waals surface area (Å²) in [6.45, 7) is 3.00. The van der Waals surface area contributed by atoms with Gasteiger partial charge in [0.1, 0.15) is 11.5 Å². The van der Waals surface area contributed by atoms with E-state index in [0.717, 1.165) is 62.8 Å². The molecule has 1 fully saturated rings. The molecule has 1 saturated heterocycles. The molecule has 0 aliphatic carbocycles. The van der Waals surface area contributed by atoms with Crippen molar-refractivity contribution in [3.8, 4) is 5.75 Å². The summed E-state index contributed by atoms with van der Waals surface area (Å²) < 4.78 is 15.5. The minimum absolute atomic E-state index is 0. The van der Waals surface area contributed by atoms with Crippen LogP contribution in [0.3, 0.4) is 0 Å². The Labute approximate surface area is 201 Å². The molecule has 0 unspecified atom stereocenters. The maximum atomic E-state index is 11.8. The lowest BCUT2D eigenvalue weighted by atomic mass is 9.97. The first kappa shape index (κ1) is 25.0. The molecule has 3 rings (SSSR count). The Morgan fingerprint density at radius 3 is 2.52 bits per heavy atom. The van der Waals surface area contributed by atoms with Gasteiger partial charge < -0.3 is 24.1 Å². The second-order valence-corrected chi connectivity index (χ2v) is 7.34. The van der Waals surface area contributed by atoms with Crippen molar-refractivity contribution >= 4 is 35.9 Å². The summed E-state index contributed by atoms with van der Waals surface area (Å²) in [5, 5.41) is 3.50. The first-order valence-corrected chi connectivity index (χ1v) is 10.5. The van der Waals surface area contributed by atoms with Crippen molar-refractivity contribution in [2.45, 2.75) is 25.7 Å². The van der Waals surface area contributed by atoms with Crippen LogP contribution in [0.4, 0.5) is 0 Å². The van der Waals surface area contributed by atoms with Crippen LogP contribution in [0.1, 0.15) is 24.2 Å². The van der Waals surface area contributed by atoms with Crippen molar-refractivity contribution < 1.29 is 18.7 Å². The van der Waals surface area contributed by atoms with E-state index in [4.69, 9.17) is 18.9 Å². The van der Waals surface area contributed by atoms with E-state index in [2.05, 4.69) is 22.3 Å². The van der Waals surface area contributed by atoms with E-state index in [1.165, 1.54) is 12.7 Å². The number of nitrogens with zero attached hydrogens (tertiary/aromatic N) is 2. The number of rotatable bonds is 8. The van der Waals surface area contributed by atoms with Crippen LogP contribution in [-0.4, -0.2) is 57.2 Å².